The van der Waals surface area contributed by atoms with Crippen LogP contribution >= 0.6 is 0 Å². The summed E-state index contributed by atoms with van der Waals surface area (Å²) in [5.41, 5.74) is 9.49. The summed E-state index contributed by atoms with van der Waals surface area (Å²) in [6.45, 7) is 0.632. The van der Waals surface area contributed by atoms with Gasteiger partial charge in [-0.05, 0) is 43.4 Å². The van der Waals surface area contributed by atoms with Gasteiger partial charge in [0.1, 0.15) is 0 Å². The molecule has 2 aliphatic rings. The van der Waals surface area contributed by atoms with E-state index in [2.05, 4.69) is 21.2 Å². The first-order chi connectivity index (χ1) is 14.3. The fourth-order valence-electron chi connectivity index (χ4n) is 4.49. The molecule has 4 unspecified atom stereocenters. The van der Waals surface area contributed by atoms with Crippen molar-refractivity contribution in [1.29, 1.82) is 10.7 Å². The topological polar surface area (TPSA) is 154 Å². The fourth-order valence-corrected chi connectivity index (χ4v) is 4.49. The largest absolute Gasteiger partial charge is 0.354 e. The van der Waals surface area contributed by atoms with Crippen LogP contribution in [-0.4, -0.2) is 43.6 Å². The Labute approximate surface area is 178 Å². The Morgan fingerprint density at radius 3 is 3.07 bits per heavy atom. The van der Waals surface area contributed by atoms with E-state index in [4.69, 9.17) is 30.1 Å². The van der Waals surface area contributed by atoms with Gasteiger partial charge in [-0.3, -0.25) is 4.79 Å². The van der Waals surface area contributed by atoms with Gasteiger partial charge in [-0.15, -0.1) is 0 Å². The molecule has 1 aromatic heterocycles. The summed E-state index contributed by atoms with van der Waals surface area (Å²) in [7, 11) is 6.39. The van der Waals surface area contributed by atoms with Crippen LogP contribution in [0.25, 0.3) is 6.08 Å². The molecule has 1 fully saturated rings. The zero-order chi connectivity index (χ0) is 21.7. The van der Waals surface area contributed by atoms with Gasteiger partial charge in [-0.1, -0.05) is 17.8 Å². The number of nitrogens with zero attached hydrogens (tertiary/aromatic N) is 1. The van der Waals surface area contributed by atoms with Gasteiger partial charge in [0.2, 0.25) is 5.91 Å². The van der Waals surface area contributed by atoms with Crippen LogP contribution in [0, 0.1) is 28.6 Å². The van der Waals surface area contributed by atoms with Crippen LogP contribution in [0.2, 0.25) is 5.31 Å². The maximum atomic E-state index is 12.3. The number of nitrogens with two attached hydrogens (primary N) is 2. The van der Waals surface area contributed by atoms with E-state index in [0.717, 1.165) is 23.4 Å². The monoisotopic (exact) mass is 408 g/mol. The highest BCUT2D eigenvalue weighted by atomic mass is 16.6. The number of hydrogen-bond donors (Lipinski definition) is 5. The molecule has 2 radical (unpaired) electrons. The molecule has 0 spiro atoms. The average molecular weight is 408 g/mol. The highest BCUT2D eigenvalue weighted by molar-refractivity contribution is 6.15. The van der Waals surface area contributed by atoms with Crippen molar-refractivity contribution < 1.29 is 9.63 Å². The van der Waals surface area contributed by atoms with Crippen LogP contribution in [0.5, 0.6) is 0 Å². The van der Waals surface area contributed by atoms with E-state index in [1.165, 1.54) is 0 Å². The van der Waals surface area contributed by atoms with Crippen molar-refractivity contribution in [3.63, 3.8) is 0 Å². The second-order valence-electron chi connectivity index (χ2n) is 8.50. The summed E-state index contributed by atoms with van der Waals surface area (Å²) in [5.74, 6) is 4.64. The zero-order valence-corrected chi connectivity index (χ0v) is 17.1. The van der Waals surface area contributed by atoms with Gasteiger partial charge in [0.25, 0.3) is 0 Å². The second-order valence-corrected chi connectivity index (χ2v) is 8.50. The van der Waals surface area contributed by atoms with Crippen LogP contribution in [0.15, 0.2) is 12.1 Å². The molecule has 2 aliphatic carbocycles. The zero-order valence-electron chi connectivity index (χ0n) is 17.1. The van der Waals surface area contributed by atoms with Crippen molar-refractivity contribution >= 4 is 25.5 Å². The summed E-state index contributed by atoms with van der Waals surface area (Å²) in [5, 5.41) is 20.0. The molecule has 1 heterocycles. The molecule has 0 aliphatic heterocycles. The smallest absolute Gasteiger partial charge is 0.227 e. The van der Waals surface area contributed by atoms with Crippen LogP contribution in [-0.2, 0) is 16.1 Å². The molecule has 8 nitrogen and oxygen atoms in total. The molecule has 9 heteroatoms. The quantitative estimate of drug-likeness (QED) is 0.151. The lowest BCUT2D eigenvalue weighted by atomic mass is 9.61. The number of nitrogens with one attached hydrogen (secondary N) is 3. The predicted octanol–water partition coefficient (Wildman–Crippen LogP) is 1.33. The van der Waals surface area contributed by atoms with Crippen LogP contribution in [0.1, 0.15) is 49.1 Å². The molecule has 3 rings (SSSR count). The number of rotatable bonds is 7. The van der Waals surface area contributed by atoms with Gasteiger partial charge < -0.3 is 26.3 Å². The van der Waals surface area contributed by atoms with Crippen LogP contribution in [0.3, 0.4) is 0 Å². The highest BCUT2D eigenvalue weighted by Gasteiger charge is 2.34. The van der Waals surface area contributed by atoms with Crippen LogP contribution in [0.4, 0.5) is 0 Å². The summed E-state index contributed by atoms with van der Waals surface area (Å²) in [6.07, 6.45) is 7.31. The van der Waals surface area contributed by atoms with Gasteiger partial charge in [0, 0.05) is 30.6 Å². The average Bonchev–Trinajstić information content (AvgIpc) is 3.07. The number of aromatic nitrogens is 1. The molecular formula is C21H29BN6O2. The van der Waals surface area contributed by atoms with Gasteiger partial charge in [0.15, 0.2) is 0 Å². The van der Waals surface area contributed by atoms with Crippen molar-refractivity contribution in [2.45, 2.75) is 49.9 Å². The van der Waals surface area contributed by atoms with E-state index in [0.29, 0.717) is 37.9 Å². The van der Waals surface area contributed by atoms with E-state index in [1.807, 2.05) is 18.2 Å². The van der Waals surface area contributed by atoms with Crippen molar-refractivity contribution in [2.24, 2.45) is 23.5 Å². The standard InChI is InChI=1S/C21H29BN6O2/c22-21(5-6-23)4-3-13(10-16(24)12-21)19(25)18-11-15-9-14(1-2-17(15)28-18)20(29)27-7-8-30-26/h1-2,11,13-14,16,25,28H,3-5,7-10,12,24,26H2,(H,27,29). The van der Waals surface area contributed by atoms with Gasteiger partial charge >= 0.3 is 0 Å². The molecule has 30 heavy (non-hydrogen) atoms. The van der Waals surface area contributed by atoms with Crippen LogP contribution < -0.4 is 16.9 Å². The lowest BCUT2D eigenvalue weighted by Crippen LogP contribution is -2.34. The van der Waals surface area contributed by atoms with Gasteiger partial charge in [0.05, 0.1) is 37.8 Å². The minimum Gasteiger partial charge on any atom is -0.354 e. The number of carbonyl (C=O) groups excluding carboxylic acids is 1. The molecule has 1 amide bonds. The summed E-state index contributed by atoms with van der Waals surface area (Å²) in [6, 6.07) is 4.00. The SMILES string of the molecule is [B]C1(CC#N)CCC(C(=N)c2cc3c([nH]2)C=CC(C(=O)NCCON)C3)CC(N)C1. The molecule has 1 saturated carbocycles. The Hall–Kier alpha value is -2.41. The first kappa shape index (κ1) is 22.3. The Kier molecular flexibility index (Phi) is 7.13. The number of aromatic amines is 1. The fraction of sp³-hybridized carbons (Fsp3) is 0.571. The third-order valence-corrected chi connectivity index (χ3v) is 6.10. The number of H-pyrrole nitrogens is 1. The minimum atomic E-state index is -0.573. The minimum absolute atomic E-state index is 0.0106. The van der Waals surface area contributed by atoms with E-state index >= 15 is 0 Å². The third kappa shape index (κ3) is 5.19. The van der Waals surface area contributed by atoms with Gasteiger partial charge in [-0.2, -0.15) is 5.26 Å². The van der Waals surface area contributed by atoms with Crippen molar-refractivity contribution in [3.8, 4) is 6.07 Å². The molecule has 158 valence electrons. The Morgan fingerprint density at radius 1 is 1.53 bits per heavy atom. The third-order valence-electron chi connectivity index (χ3n) is 6.10. The lowest BCUT2D eigenvalue weighted by Gasteiger charge is -2.27. The van der Waals surface area contributed by atoms with E-state index in [9.17, 15) is 4.79 Å². The lowest BCUT2D eigenvalue weighted by molar-refractivity contribution is -0.123. The molecule has 4 atom stereocenters. The second kappa shape index (κ2) is 9.60. The Bertz CT molecular complexity index is 860. The number of carbonyl (C=O) groups is 1. The molecule has 0 bridgehead atoms. The number of nitriles is 1. The first-order valence-electron chi connectivity index (χ1n) is 10.3. The Balaban J connectivity index is 1.66. The normalized spacial score (nSPS) is 28.2. The number of fused-ring (bicyclic) bond motifs is 1. The molecule has 1 aromatic rings. The summed E-state index contributed by atoms with van der Waals surface area (Å²) in [4.78, 5) is 20.1. The first-order valence-corrected chi connectivity index (χ1v) is 10.3. The Morgan fingerprint density at radius 2 is 2.33 bits per heavy atom. The highest BCUT2D eigenvalue weighted by Crippen LogP contribution is 2.43. The molecule has 0 aromatic carbocycles. The van der Waals surface area contributed by atoms with E-state index < -0.39 is 5.31 Å². The molecular weight excluding hydrogens is 379 g/mol. The number of amides is 1. The summed E-state index contributed by atoms with van der Waals surface area (Å²) < 4.78 is 0. The van der Waals surface area contributed by atoms with E-state index in [-0.39, 0.29) is 36.8 Å². The molecule has 0 saturated heterocycles. The molecule has 7 N–H and O–H groups in total. The van der Waals surface area contributed by atoms with Crippen molar-refractivity contribution in [3.05, 3.63) is 29.1 Å². The maximum absolute atomic E-state index is 12.3. The van der Waals surface area contributed by atoms with Gasteiger partial charge in [-0.25, -0.2) is 5.90 Å². The van der Waals surface area contributed by atoms with Crippen molar-refractivity contribution in [2.75, 3.05) is 13.2 Å². The summed E-state index contributed by atoms with van der Waals surface area (Å²) >= 11 is 0. The number of hydrogen-bond acceptors (Lipinski definition) is 6. The predicted molar refractivity (Wildman–Crippen MR) is 116 cm³/mol. The maximum Gasteiger partial charge on any atom is 0.227 e. The van der Waals surface area contributed by atoms with Crippen molar-refractivity contribution in [1.82, 2.24) is 10.3 Å². The van der Waals surface area contributed by atoms with E-state index in [1.54, 1.807) is 0 Å².